The molecule has 2 fully saturated rings. The summed E-state index contributed by atoms with van der Waals surface area (Å²) in [6, 6.07) is 11.3. The summed E-state index contributed by atoms with van der Waals surface area (Å²) in [5, 5.41) is 6.91. The number of likely N-dealkylation sites (tertiary alicyclic amines) is 1. The minimum atomic E-state index is -0.284. The summed E-state index contributed by atoms with van der Waals surface area (Å²) >= 11 is 0. The molecule has 7 nitrogen and oxygen atoms in total. The van der Waals surface area contributed by atoms with Crippen molar-refractivity contribution in [3.8, 4) is 11.3 Å². The number of rotatable bonds is 6. The van der Waals surface area contributed by atoms with Gasteiger partial charge >= 0.3 is 0 Å². The Kier molecular flexibility index (Phi) is 6.41. The second-order valence-electron chi connectivity index (χ2n) is 9.09. The summed E-state index contributed by atoms with van der Waals surface area (Å²) in [5.74, 6) is 0.540. The van der Waals surface area contributed by atoms with Crippen molar-refractivity contribution in [3.05, 3.63) is 42.2 Å². The Labute approximate surface area is 183 Å². The molecule has 0 aliphatic carbocycles. The molecule has 1 N–H and O–H groups in total. The monoisotopic (exact) mass is 425 g/mol. The molecule has 1 unspecified atom stereocenters. The summed E-state index contributed by atoms with van der Waals surface area (Å²) < 4.78 is 11.6. The summed E-state index contributed by atoms with van der Waals surface area (Å²) in [6.45, 7) is 6.10. The third-order valence-electron chi connectivity index (χ3n) is 6.24. The van der Waals surface area contributed by atoms with Crippen molar-refractivity contribution in [1.82, 2.24) is 15.4 Å². The smallest absolute Gasteiger partial charge is 0.290 e. The molecule has 2 saturated heterocycles. The first kappa shape index (κ1) is 21.6. The number of hydrogen-bond donors (Lipinski definition) is 1. The first-order valence-electron chi connectivity index (χ1n) is 11.2. The van der Waals surface area contributed by atoms with Crippen molar-refractivity contribution in [1.29, 1.82) is 0 Å². The van der Waals surface area contributed by atoms with E-state index in [0.717, 1.165) is 44.3 Å². The molecule has 0 radical (unpaired) electrons. The number of nitrogens with zero attached hydrogens (tertiary/aromatic N) is 2. The zero-order valence-corrected chi connectivity index (χ0v) is 18.3. The van der Waals surface area contributed by atoms with E-state index in [-0.39, 0.29) is 29.3 Å². The highest BCUT2D eigenvalue weighted by molar-refractivity contribution is 5.92. The average Bonchev–Trinajstić information content (AvgIpc) is 3.41. The zero-order chi connectivity index (χ0) is 21.8. The Morgan fingerprint density at radius 1 is 1.19 bits per heavy atom. The van der Waals surface area contributed by atoms with E-state index in [2.05, 4.69) is 24.3 Å². The first-order valence-corrected chi connectivity index (χ1v) is 11.2. The van der Waals surface area contributed by atoms with Crippen molar-refractivity contribution >= 4 is 11.8 Å². The van der Waals surface area contributed by atoms with Crippen LogP contribution in [0.25, 0.3) is 11.3 Å². The molecular formula is C24H31N3O4. The maximum atomic E-state index is 12.5. The van der Waals surface area contributed by atoms with Gasteiger partial charge in [0.2, 0.25) is 11.7 Å². The van der Waals surface area contributed by atoms with Gasteiger partial charge in [0.15, 0.2) is 0 Å². The van der Waals surface area contributed by atoms with Gasteiger partial charge in [-0.15, -0.1) is 0 Å². The van der Waals surface area contributed by atoms with Crippen LogP contribution in [-0.2, 0) is 9.53 Å². The van der Waals surface area contributed by atoms with Crippen molar-refractivity contribution in [2.75, 3.05) is 19.6 Å². The van der Waals surface area contributed by atoms with E-state index in [1.54, 1.807) is 6.07 Å². The fourth-order valence-electron chi connectivity index (χ4n) is 4.47. The van der Waals surface area contributed by atoms with Crippen LogP contribution in [0.15, 0.2) is 40.9 Å². The SMILES string of the molecule is CC(C)CC(=O)N1CCC2(CCC(CNC(=O)c3cc(-c4ccccc4)no3)O2)CC1. The molecule has 31 heavy (non-hydrogen) atoms. The molecule has 2 aliphatic rings. The fourth-order valence-corrected chi connectivity index (χ4v) is 4.47. The molecule has 1 atom stereocenters. The third-order valence-corrected chi connectivity index (χ3v) is 6.24. The van der Waals surface area contributed by atoms with Crippen molar-refractivity contribution in [2.24, 2.45) is 5.92 Å². The maximum Gasteiger partial charge on any atom is 0.290 e. The van der Waals surface area contributed by atoms with Crippen LogP contribution in [0.3, 0.4) is 0 Å². The molecule has 2 aromatic rings. The van der Waals surface area contributed by atoms with Gasteiger partial charge in [0.1, 0.15) is 5.69 Å². The number of carbonyl (C=O) groups is 2. The first-order chi connectivity index (χ1) is 14.9. The van der Waals surface area contributed by atoms with Gasteiger partial charge in [-0.25, -0.2) is 0 Å². The number of carbonyl (C=O) groups excluding carboxylic acids is 2. The summed E-state index contributed by atoms with van der Waals surface area (Å²) in [4.78, 5) is 26.7. The number of nitrogens with one attached hydrogen (secondary N) is 1. The Bertz CT molecular complexity index is 901. The number of ether oxygens (including phenoxy) is 1. The quantitative estimate of drug-likeness (QED) is 0.764. The standard InChI is InChI=1S/C24H31N3O4/c1-17(2)14-22(28)27-12-10-24(11-13-27)9-8-19(30-24)16-25-23(29)21-15-20(26-31-21)18-6-4-3-5-7-18/h3-7,15,17,19H,8-14,16H2,1-2H3,(H,25,29). The number of piperidine rings is 1. The van der Waals surface area contributed by atoms with E-state index in [1.807, 2.05) is 35.2 Å². The fraction of sp³-hybridized carbons (Fsp3) is 0.542. The zero-order valence-electron chi connectivity index (χ0n) is 18.3. The molecule has 7 heteroatoms. The third kappa shape index (κ3) is 5.15. The van der Waals surface area contributed by atoms with Crippen LogP contribution in [0.1, 0.15) is 56.5 Å². The Morgan fingerprint density at radius 2 is 1.94 bits per heavy atom. The lowest BCUT2D eigenvalue weighted by Gasteiger charge is -2.39. The lowest BCUT2D eigenvalue weighted by molar-refractivity contribution is -0.138. The number of aromatic nitrogens is 1. The lowest BCUT2D eigenvalue weighted by atomic mass is 9.88. The van der Waals surface area contributed by atoms with Gasteiger partial charge in [0, 0.05) is 37.7 Å². The molecule has 3 heterocycles. The van der Waals surface area contributed by atoms with Gasteiger partial charge in [-0.05, 0) is 31.6 Å². The normalized spacial score (nSPS) is 20.4. The van der Waals surface area contributed by atoms with Gasteiger partial charge in [-0.2, -0.15) is 0 Å². The average molecular weight is 426 g/mol. The van der Waals surface area contributed by atoms with E-state index in [4.69, 9.17) is 9.26 Å². The van der Waals surface area contributed by atoms with E-state index < -0.39 is 0 Å². The van der Waals surface area contributed by atoms with E-state index in [1.165, 1.54) is 0 Å². The predicted octanol–water partition coefficient (Wildman–Crippen LogP) is 3.66. The predicted molar refractivity (Wildman–Crippen MR) is 116 cm³/mol. The molecular weight excluding hydrogens is 394 g/mol. The summed E-state index contributed by atoms with van der Waals surface area (Å²) in [7, 11) is 0. The number of hydrogen-bond acceptors (Lipinski definition) is 5. The Morgan fingerprint density at radius 3 is 2.65 bits per heavy atom. The number of benzene rings is 1. The minimum absolute atomic E-state index is 0.0154. The van der Waals surface area contributed by atoms with Gasteiger partial charge < -0.3 is 19.5 Å². The molecule has 0 bridgehead atoms. The van der Waals surface area contributed by atoms with Gasteiger partial charge in [-0.1, -0.05) is 49.3 Å². The topological polar surface area (TPSA) is 84.7 Å². The second-order valence-corrected chi connectivity index (χ2v) is 9.09. The number of amides is 2. The molecule has 2 aliphatic heterocycles. The van der Waals surface area contributed by atoms with Crippen molar-refractivity contribution in [2.45, 2.75) is 57.7 Å². The summed E-state index contributed by atoms with van der Waals surface area (Å²) in [6.07, 6.45) is 4.20. The van der Waals surface area contributed by atoms with E-state index >= 15 is 0 Å². The van der Waals surface area contributed by atoms with Gasteiger partial charge in [0.25, 0.3) is 5.91 Å². The highest BCUT2D eigenvalue weighted by Crippen LogP contribution is 2.39. The van der Waals surface area contributed by atoms with Crippen LogP contribution >= 0.6 is 0 Å². The van der Waals surface area contributed by atoms with Crippen LogP contribution in [0.5, 0.6) is 0 Å². The minimum Gasteiger partial charge on any atom is -0.370 e. The summed E-state index contributed by atoms with van der Waals surface area (Å²) in [5.41, 5.74) is 1.39. The van der Waals surface area contributed by atoms with Gasteiger partial charge in [-0.3, -0.25) is 9.59 Å². The Hall–Kier alpha value is -2.67. The molecule has 1 aromatic heterocycles. The molecule has 166 valence electrons. The molecule has 4 rings (SSSR count). The maximum absolute atomic E-state index is 12.5. The molecule has 0 saturated carbocycles. The van der Waals surface area contributed by atoms with E-state index in [9.17, 15) is 9.59 Å². The van der Waals surface area contributed by atoms with Crippen LogP contribution in [0.2, 0.25) is 0 Å². The highest BCUT2D eigenvalue weighted by atomic mass is 16.5. The highest BCUT2D eigenvalue weighted by Gasteiger charge is 2.43. The van der Waals surface area contributed by atoms with Crippen LogP contribution in [-0.4, -0.2) is 53.2 Å². The van der Waals surface area contributed by atoms with Crippen LogP contribution in [0.4, 0.5) is 0 Å². The van der Waals surface area contributed by atoms with Crippen molar-refractivity contribution < 1.29 is 18.8 Å². The second kappa shape index (κ2) is 9.22. The van der Waals surface area contributed by atoms with E-state index in [0.29, 0.717) is 24.6 Å². The van der Waals surface area contributed by atoms with Crippen LogP contribution < -0.4 is 5.32 Å². The van der Waals surface area contributed by atoms with Gasteiger partial charge in [0.05, 0.1) is 11.7 Å². The van der Waals surface area contributed by atoms with Crippen LogP contribution in [0, 0.1) is 5.92 Å². The lowest BCUT2D eigenvalue weighted by Crippen LogP contribution is -2.47. The Balaban J connectivity index is 1.24. The largest absolute Gasteiger partial charge is 0.370 e. The molecule has 1 spiro atoms. The molecule has 2 amide bonds. The molecule has 1 aromatic carbocycles. The van der Waals surface area contributed by atoms with Crippen molar-refractivity contribution in [3.63, 3.8) is 0 Å².